The largest absolute Gasteiger partial charge is 0.487 e. The molecule has 4 aromatic rings. The number of rotatable bonds is 16. The van der Waals surface area contributed by atoms with Gasteiger partial charge in [-0.1, -0.05) is 11.6 Å². The van der Waals surface area contributed by atoms with Crippen molar-refractivity contribution in [3.63, 3.8) is 0 Å². The van der Waals surface area contributed by atoms with Gasteiger partial charge in [0, 0.05) is 66.0 Å². The molecule has 14 nitrogen and oxygen atoms in total. The number of nitrogens with zero attached hydrogens (tertiary/aromatic N) is 3. The Hall–Kier alpha value is -3.02. The highest BCUT2D eigenvalue weighted by Crippen LogP contribution is 2.34. The van der Waals surface area contributed by atoms with Crippen molar-refractivity contribution < 1.29 is 42.1 Å². The van der Waals surface area contributed by atoms with Crippen LogP contribution >= 0.6 is 33.0 Å². The molecule has 1 N–H and O–H groups in total. The number of nitrogens with one attached hydrogen (secondary N) is 1. The first-order valence-electron chi connectivity index (χ1n) is 13.4. The van der Waals surface area contributed by atoms with Gasteiger partial charge in [0.2, 0.25) is 9.23 Å². The molecule has 4 rings (SSSR count). The SMILES string of the molecule is COCCOc1cc2cn[nH]c(=O)c2cc1OCCOC.COCCOc1cc2cnnc(Cl)c2cc1OCCOC.O=S(Cl)Cl. The first kappa shape index (κ1) is 39.2. The molecule has 0 aliphatic heterocycles. The fraction of sp³-hybridized carbons (Fsp3) is 0.429. The lowest BCUT2D eigenvalue weighted by Crippen LogP contribution is -2.11. The van der Waals surface area contributed by atoms with Crippen molar-refractivity contribution in [2.45, 2.75) is 0 Å². The van der Waals surface area contributed by atoms with Crippen LogP contribution in [0.4, 0.5) is 0 Å². The molecular formula is C28H35Cl3N4O10S. The van der Waals surface area contributed by atoms with Gasteiger partial charge in [-0.05, 0) is 24.3 Å². The monoisotopic (exact) mass is 724 g/mol. The van der Waals surface area contributed by atoms with Crippen molar-refractivity contribution in [3.05, 3.63) is 52.2 Å². The van der Waals surface area contributed by atoms with Crippen LogP contribution in [0, 0.1) is 0 Å². The molecule has 0 aliphatic rings. The molecule has 2 heterocycles. The highest BCUT2D eigenvalue weighted by atomic mass is 36.0. The molecule has 46 heavy (non-hydrogen) atoms. The molecule has 0 spiro atoms. The number of halogens is 3. The summed E-state index contributed by atoms with van der Waals surface area (Å²) >= 11 is 6.05. The van der Waals surface area contributed by atoms with E-state index in [-0.39, 0.29) is 5.56 Å². The van der Waals surface area contributed by atoms with E-state index in [1.807, 2.05) is 6.07 Å². The molecular weight excluding hydrogens is 691 g/mol. The number of fused-ring (bicyclic) bond motifs is 2. The second-order valence-corrected chi connectivity index (χ2v) is 11.5. The van der Waals surface area contributed by atoms with Gasteiger partial charge in [-0.25, -0.2) is 9.31 Å². The zero-order valence-corrected chi connectivity index (χ0v) is 28.7. The van der Waals surface area contributed by atoms with Gasteiger partial charge in [0.25, 0.3) is 5.56 Å². The minimum Gasteiger partial charge on any atom is -0.487 e. The first-order chi connectivity index (χ1) is 22.2. The van der Waals surface area contributed by atoms with E-state index in [1.54, 1.807) is 59.0 Å². The Balaban J connectivity index is 0.000000287. The van der Waals surface area contributed by atoms with Crippen molar-refractivity contribution in [2.75, 3.05) is 81.3 Å². The Morgan fingerprint density at radius 1 is 0.652 bits per heavy atom. The predicted octanol–water partition coefficient (Wildman–Crippen LogP) is 4.35. The lowest BCUT2D eigenvalue weighted by molar-refractivity contribution is 0.132. The third kappa shape index (κ3) is 13.8. The topological polar surface area (TPSA) is 162 Å². The zero-order valence-electron chi connectivity index (χ0n) is 25.6. The Bertz CT molecular complexity index is 1560. The Labute approximate surface area is 281 Å². The molecule has 0 saturated heterocycles. The molecule has 2 aromatic carbocycles. The van der Waals surface area contributed by atoms with Gasteiger partial charge in [0.05, 0.1) is 44.2 Å². The van der Waals surface area contributed by atoms with Crippen LogP contribution in [0.15, 0.2) is 41.5 Å². The van der Waals surface area contributed by atoms with Gasteiger partial charge in [-0.2, -0.15) is 10.2 Å². The smallest absolute Gasteiger partial charge is 0.272 e. The minimum absolute atomic E-state index is 0.271. The highest BCUT2D eigenvalue weighted by Gasteiger charge is 2.12. The lowest BCUT2D eigenvalue weighted by atomic mass is 10.2. The number of hydrogen-bond donors (Lipinski definition) is 1. The van der Waals surface area contributed by atoms with Crippen LogP contribution in [0.3, 0.4) is 0 Å². The third-order valence-electron chi connectivity index (χ3n) is 5.59. The van der Waals surface area contributed by atoms with E-state index in [1.165, 1.54) is 0 Å². The van der Waals surface area contributed by atoms with E-state index in [0.29, 0.717) is 91.8 Å². The van der Waals surface area contributed by atoms with Gasteiger partial charge in [-0.15, -0.1) is 5.10 Å². The molecule has 0 amide bonds. The fourth-order valence-corrected chi connectivity index (χ4v) is 3.75. The molecule has 0 bridgehead atoms. The number of methoxy groups -OCH3 is 4. The lowest BCUT2D eigenvalue weighted by Gasteiger charge is -2.14. The van der Waals surface area contributed by atoms with E-state index in [0.717, 1.165) is 10.8 Å². The van der Waals surface area contributed by atoms with Gasteiger partial charge >= 0.3 is 0 Å². The summed E-state index contributed by atoms with van der Waals surface area (Å²) in [6, 6.07) is 7.00. The Kier molecular flexibility index (Phi) is 19.2. The maximum Gasteiger partial charge on any atom is 0.272 e. The van der Waals surface area contributed by atoms with Crippen LogP contribution in [0.2, 0.25) is 5.15 Å². The summed E-state index contributed by atoms with van der Waals surface area (Å²) in [7, 11) is 13.8. The summed E-state index contributed by atoms with van der Waals surface area (Å²) in [5.74, 6) is 2.24. The minimum atomic E-state index is -1.67. The number of benzene rings is 2. The standard InChI is InChI=1S/C14H17ClN2O4.C14H18N2O5.Cl2OS/c1-18-3-5-20-12-7-10-9-16-17-14(15)11(10)8-13(12)21-6-4-19-2;1-18-3-5-20-12-7-10-9-15-16-14(17)11(10)8-13(12)21-6-4-19-2;1-4(2)3/h7-9H,3-6H2,1-2H3;7-9H,3-6H2,1-2H3,(H,16,17);. The Morgan fingerprint density at radius 3 is 1.48 bits per heavy atom. The van der Waals surface area contributed by atoms with Crippen LogP contribution in [0.5, 0.6) is 23.0 Å². The molecule has 0 aliphatic carbocycles. The summed E-state index contributed by atoms with van der Waals surface area (Å²) < 4.78 is 51.5. The number of H-pyrrole nitrogens is 1. The summed E-state index contributed by atoms with van der Waals surface area (Å²) in [5.41, 5.74) is -0.271. The van der Waals surface area contributed by atoms with Gasteiger partial charge in [0.15, 0.2) is 28.2 Å². The zero-order chi connectivity index (χ0) is 33.7. The van der Waals surface area contributed by atoms with E-state index < -0.39 is 9.23 Å². The molecule has 0 radical (unpaired) electrons. The van der Waals surface area contributed by atoms with Crippen LogP contribution in [-0.2, 0) is 28.2 Å². The molecule has 254 valence electrons. The second-order valence-electron chi connectivity index (χ2n) is 8.66. The van der Waals surface area contributed by atoms with Crippen LogP contribution in [0.1, 0.15) is 0 Å². The van der Waals surface area contributed by atoms with Gasteiger partial charge < -0.3 is 37.9 Å². The fourth-order valence-electron chi connectivity index (χ4n) is 3.55. The predicted molar refractivity (Wildman–Crippen MR) is 176 cm³/mol. The molecule has 0 saturated carbocycles. The van der Waals surface area contributed by atoms with Gasteiger partial charge in [-0.3, -0.25) is 4.79 Å². The highest BCUT2D eigenvalue weighted by molar-refractivity contribution is 8.26. The van der Waals surface area contributed by atoms with E-state index in [9.17, 15) is 4.79 Å². The number of ether oxygens (including phenoxy) is 8. The first-order valence-corrected chi connectivity index (χ1v) is 16.6. The average Bonchev–Trinajstić information content (AvgIpc) is 3.02. The molecule has 18 heteroatoms. The van der Waals surface area contributed by atoms with E-state index in [4.69, 9.17) is 53.7 Å². The number of aromatic nitrogens is 4. The quantitative estimate of drug-likeness (QED) is 0.128. The normalized spacial score (nSPS) is 10.6. The van der Waals surface area contributed by atoms with E-state index >= 15 is 0 Å². The second kappa shape index (κ2) is 22.5. The maximum atomic E-state index is 11.8. The summed E-state index contributed by atoms with van der Waals surface area (Å²) in [6.07, 6.45) is 3.20. The van der Waals surface area contributed by atoms with Crippen molar-refractivity contribution in [1.82, 2.24) is 20.4 Å². The summed E-state index contributed by atoms with van der Waals surface area (Å²) in [5, 5.41) is 16.9. The molecule has 0 unspecified atom stereocenters. The average molecular weight is 726 g/mol. The molecule has 0 fully saturated rings. The molecule has 0 atom stereocenters. The van der Waals surface area contributed by atoms with Crippen LogP contribution in [0.25, 0.3) is 21.5 Å². The third-order valence-corrected chi connectivity index (χ3v) is 5.87. The van der Waals surface area contributed by atoms with Crippen molar-refractivity contribution in [3.8, 4) is 23.0 Å². The van der Waals surface area contributed by atoms with Gasteiger partial charge in [0.1, 0.15) is 26.4 Å². The van der Waals surface area contributed by atoms with Crippen molar-refractivity contribution in [2.24, 2.45) is 0 Å². The maximum absolute atomic E-state index is 11.8. The van der Waals surface area contributed by atoms with Crippen LogP contribution in [-0.4, -0.2) is 106 Å². The Morgan fingerprint density at radius 2 is 1.04 bits per heavy atom. The van der Waals surface area contributed by atoms with Crippen LogP contribution < -0.4 is 24.5 Å². The number of aromatic amines is 1. The number of hydrogen-bond acceptors (Lipinski definition) is 13. The summed E-state index contributed by atoms with van der Waals surface area (Å²) in [6.45, 7) is 3.48. The van der Waals surface area contributed by atoms with Crippen molar-refractivity contribution >= 4 is 63.7 Å². The summed E-state index contributed by atoms with van der Waals surface area (Å²) in [4.78, 5) is 11.8. The molecule has 2 aromatic heterocycles. The van der Waals surface area contributed by atoms with Crippen molar-refractivity contribution in [1.29, 1.82) is 0 Å². The van der Waals surface area contributed by atoms with E-state index in [2.05, 4.69) is 41.8 Å².